The lowest BCUT2D eigenvalue weighted by atomic mass is 9.99. The molecule has 2 aromatic carbocycles. The van der Waals surface area contributed by atoms with Crippen molar-refractivity contribution in [2.45, 2.75) is 41.0 Å². The first-order chi connectivity index (χ1) is 16.8. The summed E-state index contributed by atoms with van der Waals surface area (Å²) in [7, 11) is 0. The number of hydrogen-bond acceptors (Lipinski definition) is 4. The van der Waals surface area contributed by atoms with Crippen LogP contribution in [0.1, 0.15) is 49.6 Å². The molecule has 35 heavy (non-hydrogen) atoms. The Balaban J connectivity index is 1.37. The molecule has 1 amide bonds. The minimum absolute atomic E-state index is 0.0126. The first-order valence-corrected chi connectivity index (χ1v) is 12.3. The predicted molar refractivity (Wildman–Crippen MR) is 140 cm³/mol. The molecule has 0 saturated carbocycles. The van der Waals surface area contributed by atoms with Crippen LogP contribution >= 0.6 is 0 Å². The van der Waals surface area contributed by atoms with Crippen molar-refractivity contribution in [2.24, 2.45) is 0 Å². The van der Waals surface area contributed by atoms with E-state index >= 15 is 0 Å². The fraction of sp³-hybridized carbons (Fsp3) is 0.345. The Bertz CT molecular complexity index is 1410. The lowest BCUT2D eigenvalue weighted by molar-refractivity contribution is 0.0748. The third kappa shape index (κ3) is 4.18. The van der Waals surface area contributed by atoms with Crippen molar-refractivity contribution in [3.8, 4) is 0 Å². The smallest absolute Gasteiger partial charge is 0.259 e. The summed E-state index contributed by atoms with van der Waals surface area (Å²) < 4.78 is 1.83. The van der Waals surface area contributed by atoms with Crippen LogP contribution in [0.3, 0.4) is 0 Å². The molecule has 0 spiro atoms. The topological polar surface area (TPSA) is 53.7 Å². The molecular formula is C29H33N5O. The van der Waals surface area contributed by atoms with Crippen LogP contribution < -0.4 is 4.90 Å². The second-order valence-electron chi connectivity index (χ2n) is 9.66. The number of hydrogen-bond donors (Lipinski definition) is 0. The first kappa shape index (κ1) is 23.1. The summed E-state index contributed by atoms with van der Waals surface area (Å²) in [6, 6.07) is 14.9. The van der Waals surface area contributed by atoms with Crippen molar-refractivity contribution in [1.29, 1.82) is 0 Å². The zero-order valence-corrected chi connectivity index (χ0v) is 21.3. The molecule has 1 saturated heterocycles. The van der Waals surface area contributed by atoms with Gasteiger partial charge in [0.1, 0.15) is 5.56 Å². The molecule has 0 radical (unpaired) electrons. The van der Waals surface area contributed by atoms with E-state index in [1.807, 2.05) is 16.3 Å². The lowest BCUT2D eigenvalue weighted by Gasteiger charge is -2.37. The van der Waals surface area contributed by atoms with Crippen molar-refractivity contribution in [1.82, 2.24) is 19.5 Å². The number of rotatable bonds is 4. The maximum absolute atomic E-state index is 13.5. The highest BCUT2D eigenvalue weighted by atomic mass is 16.2. The van der Waals surface area contributed by atoms with Gasteiger partial charge in [-0.25, -0.2) is 9.50 Å². The number of nitrogens with zero attached hydrogens (tertiary/aromatic N) is 5. The number of fused-ring (bicyclic) bond motifs is 1. The van der Waals surface area contributed by atoms with Crippen molar-refractivity contribution >= 4 is 17.2 Å². The maximum Gasteiger partial charge on any atom is 0.259 e. The summed E-state index contributed by atoms with van der Waals surface area (Å²) in [6.07, 6.45) is 2.49. The zero-order chi connectivity index (χ0) is 24.7. The molecule has 2 aromatic heterocycles. The van der Waals surface area contributed by atoms with Gasteiger partial charge in [-0.05, 0) is 68.5 Å². The molecule has 4 aromatic rings. The number of aromatic nitrogens is 3. The summed E-state index contributed by atoms with van der Waals surface area (Å²) in [5.74, 6) is 0.0126. The number of anilines is 1. The summed E-state index contributed by atoms with van der Waals surface area (Å²) in [5, 5.41) is 4.58. The second kappa shape index (κ2) is 9.17. The molecule has 0 atom stereocenters. The predicted octanol–water partition coefficient (Wildman–Crippen LogP) is 4.82. The van der Waals surface area contributed by atoms with Crippen molar-refractivity contribution in [3.05, 3.63) is 93.4 Å². The van der Waals surface area contributed by atoms with Crippen LogP contribution in [0.4, 0.5) is 5.69 Å². The van der Waals surface area contributed by atoms with Crippen LogP contribution in [-0.4, -0.2) is 51.6 Å². The van der Waals surface area contributed by atoms with Crippen LogP contribution in [0.25, 0.3) is 5.65 Å². The van der Waals surface area contributed by atoms with E-state index in [2.05, 4.69) is 80.2 Å². The molecule has 180 valence electrons. The Morgan fingerprint density at radius 3 is 2.34 bits per heavy atom. The summed E-state index contributed by atoms with van der Waals surface area (Å²) in [6.45, 7) is 13.6. The number of benzene rings is 2. The van der Waals surface area contributed by atoms with Gasteiger partial charge in [0, 0.05) is 49.7 Å². The molecule has 0 N–H and O–H groups in total. The Kier molecular flexibility index (Phi) is 6.05. The lowest BCUT2D eigenvalue weighted by Crippen LogP contribution is -2.49. The van der Waals surface area contributed by atoms with Crippen molar-refractivity contribution in [3.63, 3.8) is 0 Å². The van der Waals surface area contributed by atoms with Crippen LogP contribution in [0.2, 0.25) is 0 Å². The normalized spacial score (nSPS) is 14.1. The van der Waals surface area contributed by atoms with Crippen LogP contribution in [-0.2, 0) is 6.42 Å². The van der Waals surface area contributed by atoms with Crippen molar-refractivity contribution in [2.75, 3.05) is 31.1 Å². The van der Waals surface area contributed by atoms with Gasteiger partial charge >= 0.3 is 0 Å². The van der Waals surface area contributed by atoms with Gasteiger partial charge in [0.25, 0.3) is 5.91 Å². The maximum atomic E-state index is 13.5. The SMILES string of the molecule is Cc1ccccc1Cc1c(C)nc2c(C(=O)N3CCN(c4cccc(C)c4C)CC3)cnn2c1C. The standard InChI is InChI=1S/C29H33N5O/c1-19-10-8-12-27(21(19)3)32-13-15-33(16-14-32)29(35)26-18-30-34-23(5)25(22(4)31-28(26)34)17-24-11-7-6-9-20(24)2/h6-12,18H,13-17H2,1-5H3. The molecule has 6 heteroatoms. The summed E-state index contributed by atoms with van der Waals surface area (Å²) in [4.78, 5) is 22.7. The van der Waals surface area contributed by atoms with E-state index in [9.17, 15) is 4.79 Å². The fourth-order valence-corrected chi connectivity index (χ4v) is 5.12. The van der Waals surface area contributed by atoms with Crippen LogP contribution in [0.5, 0.6) is 0 Å². The molecule has 1 aliphatic rings. The highest BCUT2D eigenvalue weighted by molar-refractivity contribution is 5.99. The van der Waals surface area contributed by atoms with E-state index in [1.54, 1.807) is 6.20 Å². The Morgan fingerprint density at radius 1 is 0.886 bits per heavy atom. The van der Waals surface area contributed by atoms with Gasteiger partial charge in [0.15, 0.2) is 5.65 Å². The van der Waals surface area contributed by atoms with Crippen LogP contribution in [0.15, 0.2) is 48.7 Å². The monoisotopic (exact) mass is 467 g/mol. The third-order valence-corrected chi connectivity index (χ3v) is 7.55. The highest BCUT2D eigenvalue weighted by Gasteiger charge is 2.26. The average molecular weight is 468 g/mol. The van der Waals surface area contributed by atoms with Gasteiger partial charge in [-0.15, -0.1) is 0 Å². The van der Waals surface area contributed by atoms with E-state index < -0.39 is 0 Å². The molecule has 3 heterocycles. The first-order valence-electron chi connectivity index (χ1n) is 12.3. The van der Waals surface area contributed by atoms with Gasteiger partial charge in [0.05, 0.1) is 6.20 Å². The Morgan fingerprint density at radius 2 is 1.60 bits per heavy atom. The average Bonchev–Trinajstić information content (AvgIpc) is 3.28. The molecular weight excluding hydrogens is 434 g/mol. The third-order valence-electron chi connectivity index (χ3n) is 7.55. The number of carbonyl (C=O) groups is 1. The van der Waals surface area contributed by atoms with E-state index in [0.717, 1.165) is 36.5 Å². The summed E-state index contributed by atoms with van der Waals surface area (Å²) >= 11 is 0. The zero-order valence-electron chi connectivity index (χ0n) is 21.3. The molecule has 0 unspecified atom stereocenters. The number of carbonyl (C=O) groups excluding carboxylic acids is 1. The number of piperazine rings is 1. The van der Waals surface area contributed by atoms with Crippen molar-refractivity contribution < 1.29 is 4.79 Å². The quantitative estimate of drug-likeness (QED) is 0.432. The molecule has 6 nitrogen and oxygen atoms in total. The Hall–Kier alpha value is -3.67. The molecule has 0 aliphatic carbocycles. The number of amides is 1. The minimum Gasteiger partial charge on any atom is -0.368 e. The molecule has 1 fully saturated rings. The van der Waals surface area contributed by atoms with E-state index in [-0.39, 0.29) is 5.91 Å². The molecule has 0 bridgehead atoms. The van der Waals surface area contributed by atoms with E-state index in [1.165, 1.54) is 27.9 Å². The van der Waals surface area contributed by atoms with E-state index in [0.29, 0.717) is 24.3 Å². The highest BCUT2D eigenvalue weighted by Crippen LogP contribution is 2.26. The van der Waals surface area contributed by atoms with Gasteiger partial charge in [0.2, 0.25) is 0 Å². The summed E-state index contributed by atoms with van der Waals surface area (Å²) in [5.41, 5.74) is 10.8. The van der Waals surface area contributed by atoms with Gasteiger partial charge in [-0.3, -0.25) is 4.79 Å². The second-order valence-corrected chi connectivity index (χ2v) is 9.66. The minimum atomic E-state index is 0.0126. The molecule has 1 aliphatic heterocycles. The van der Waals surface area contributed by atoms with Gasteiger partial charge < -0.3 is 9.80 Å². The molecule has 5 rings (SSSR count). The van der Waals surface area contributed by atoms with Crippen LogP contribution in [0, 0.1) is 34.6 Å². The van der Waals surface area contributed by atoms with Gasteiger partial charge in [-0.1, -0.05) is 36.4 Å². The fourth-order valence-electron chi connectivity index (χ4n) is 5.12. The van der Waals surface area contributed by atoms with E-state index in [4.69, 9.17) is 4.98 Å². The number of aryl methyl sites for hydroxylation is 4. The largest absolute Gasteiger partial charge is 0.368 e. The van der Waals surface area contributed by atoms with Gasteiger partial charge in [-0.2, -0.15) is 5.10 Å². The Labute approximate surface area is 207 Å².